The van der Waals surface area contributed by atoms with Gasteiger partial charge in [0.1, 0.15) is 0 Å². The summed E-state index contributed by atoms with van der Waals surface area (Å²) in [5.41, 5.74) is 0. The Kier molecular flexibility index (Phi) is 6.58. The highest BCUT2D eigenvalue weighted by molar-refractivity contribution is 5.76. The van der Waals surface area contributed by atoms with Gasteiger partial charge in [0.25, 0.3) is 0 Å². The van der Waals surface area contributed by atoms with Crippen LogP contribution in [0.5, 0.6) is 0 Å². The number of hydrogen-bond acceptors (Lipinski definition) is 4. The fourth-order valence-electron chi connectivity index (χ4n) is 2.07. The lowest BCUT2D eigenvalue weighted by Crippen LogP contribution is -2.48. The van der Waals surface area contributed by atoms with Crippen LogP contribution in [0.3, 0.4) is 0 Å². The number of amides is 2. The van der Waals surface area contributed by atoms with E-state index in [0.29, 0.717) is 6.54 Å². The topological polar surface area (TPSA) is 102 Å². The molecular formula is C12H23N3O4. The van der Waals surface area contributed by atoms with Gasteiger partial charge in [-0.2, -0.15) is 0 Å². The second kappa shape index (κ2) is 7.96. The van der Waals surface area contributed by atoms with Crippen LogP contribution in [0.25, 0.3) is 0 Å². The molecule has 1 saturated heterocycles. The standard InChI is InChI=1S/C12H23N3O4/c1-9(15-5-3-2-4-6-15)7-13-12(19)14-8-10(16)11(17)18/h9-10,16H,2-8H2,1H3,(H,17,18)(H2,13,14,19)/t9?,10-/m0/s1. The highest BCUT2D eigenvalue weighted by Crippen LogP contribution is 2.11. The van der Waals surface area contributed by atoms with Crippen molar-refractivity contribution < 1.29 is 19.8 Å². The van der Waals surface area contributed by atoms with Crippen LogP contribution in [0.4, 0.5) is 4.79 Å². The Morgan fingerprint density at radius 2 is 1.74 bits per heavy atom. The molecule has 1 fully saturated rings. The number of likely N-dealkylation sites (tertiary alicyclic amines) is 1. The molecule has 0 saturated carbocycles. The first kappa shape index (κ1) is 15.7. The average Bonchev–Trinajstić information content (AvgIpc) is 2.42. The van der Waals surface area contributed by atoms with E-state index in [2.05, 4.69) is 22.5 Å². The molecule has 0 aromatic carbocycles. The van der Waals surface area contributed by atoms with Crippen LogP contribution in [0.15, 0.2) is 0 Å². The third kappa shape index (κ3) is 5.89. The molecule has 2 atom stereocenters. The minimum atomic E-state index is -1.56. The van der Waals surface area contributed by atoms with Crippen LogP contribution in [0.1, 0.15) is 26.2 Å². The number of aliphatic carboxylic acids is 1. The van der Waals surface area contributed by atoms with Crippen molar-refractivity contribution in [2.24, 2.45) is 0 Å². The number of hydrogen-bond donors (Lipinski definition) is 4. The summed E-state index contributed by atoms with van der Waals surface area (Å²) in [5, 5.41) is 22.5. The van der Waals surface area contributed by atoms with Crippen molar-refractivity contribution in [3.8, 4) is 0 Å². The molecule has 0 aromatic rings. The first-order chi connectivity index (χ1) is 9.00. The highest BCUT2D eigenvalue weighted by Gasteiger charge is 2.18. The number of rotatable bonds is 6. The van der Waals surface area contributed by atoms with Gasteiger partial charge in [0.05, 0.1) is 6.54 Å². The Labute approximate surface area is 113 Å². The summed E-state index contributed by atoms with van der Waals surface area (Å²) < 4.78 is 0. The number of carbonyl (C=O) groups is 2. The zero-order chi connectivity index (χ0) is 14.3. The number of piperidine rings is 1. The second-order valence-electron chi connectivity index (χ2n) is 4.89. The molecule has 0 aliphatic carbocycles. The van der Waals surface area contributed by atoms with Crippen LogP contribution >= 0.6 is 0 Å². The maximum Gasteiger partial charge on any atom is 0.334 e. The molecule has 4 N–H and O–H groups in total. The normalized spacial score (nSPS) is 19.5. The third-order valence-corrected chi connectivity index (χ3v) is 3.31. The van der Waals surface area contributed by atoms with Crippen molar-refractivity contribution in [1.29, 1.82) is 0 Å². The minimum absolute atomic E-state index is 0.260. The van der Waals surface area contributed by atoms with Gasteiger partial charge >= 0.3 is 12.0 Å². The van der Waals surface area contributed by atoms with E-state index in [-0.39, 0.29) is 12.6 Å². The number of urea groups is 1. The van der Waals surface area contributed by atoms with Gasteiger partial charge in [0.15, 0.2) is 6.10 Å². The number of carboxylic acids is 1. The van der Waals surface area contributed by atoms with Gasteiger partial charge in [-0.15, -0.1) is 0 Å². The Hall–Kier alpha value is -1.34. The molecule has 1 aliphatic heterocycles. The lowest BCUT2D eigenvalue weighted by Gasteiger charge is -2.32. The van der Waals surface area contributed by atoms with Gasteiger partial charge < -0.3 is 20.8 Å². The van der Waals surface area contributed by atoms with E-state index in [0.717, 1.165) is 13.1 Å². The Bertz CT molecular complexity index is 305. The van der Waals surface area contributed by atoms with E-state index in [1.54, 1.807) is 0 Å². The van der Waals surface area contributed by atoms with E-state index < -0.39 is 18.1 Å². The average molecular weight is 273 g/mol. The largest absolute Gasteiger partial charge is 0.479 e. The summed E-state index contributed by atoms with van der Waals surface area (Å²) in [7, 11) is 0. The maximum atomic E-state index is 11.4. The molecule has 1 rings (SSSR count). The Morgan fingerprint density at radius 1 is 1.16 bits per heavy atom. The van der Waals surface area contributed by atoms with Gasteiger partial charge in [0.2, 0.25) is 0 Å². The van der Waals surface area contributed by atoms with E-state index in [1.165, 1.54) is 19.3 Å². The highest BCUT2D eigenvalue weighted by atomic mass is 16.4. The van der Waals surface area contributed by atoms with Gasteiger partial charge in [0, 0.05) is 12.6 Å². The van der Waals surface area contributed by atoms with Crippen molar-refractivity contribution in [1.82, 2.24) is 15.5 Å². The molecule has 0 aromatic heterocycles. The first-order valence-electron chi connectivity index (χ1n) is 6.67. The molecule has 1 heterocycles. The van der Waals surface area contributed by atoms with Crippen LogP contribution in [0, 0.1) is 0 Å². The molecular weight excluding hydrogens is 250 g/mol. The minimum Gasteiger partial charge on any atom is -0.479 e. The zero-order valence-electron chi connectivity index (χ0n) is 11.3. The third-order valence-electron chi connectivity index (χ3n) is 3.31. The maximum absolute atomic E-state index is 11.4. The Balaban J connectivity index is 2.16. The number of nitrogens with one attached hydrogen (secondary N) is 2. The molecule has 110 valence electrons. The van der Waals surface area contributed by atoms with Crippen LogP contribution < -0.4 is 10.6 Å². The van der Waals surface area contributed by atoms with Gasteiger partial charge in [-0.05, 0) is 32.9 Å². The second-order valence-corrected chi connectivity index (χ2v) is 4.89. The number of aliphatic hydroxyl groups is 1. The lowest BCUT2D eigenvalue weighted by molar-refractivity contribution is -0.146. The predicted octanol–water partition coefficient (Wildman–Crippen LogP) is -0.394. The SMILES string of the molecule is CC(CNC(=O)NC[C@H](O)C(=O)O)N1CCCCC1. The summed E-state index contributed by atoms with van der Waals surface area (Å²) in [6.45, 7) is 4.39. The molecule has 1 aliphatic rings. The fraction of sp³-hybridized carbons (Fsp3) is 0.833. The molecule has 0 bridgehead atoms. The summed E-state index contributed by atoms with van der Waals surface area (Å²) in [6, 6.07) is -0.195. The van der Waals surface area contributed by atoms with Crippen molar-refractivity contribution >= 4 is 12.0 Å². The summed E-state index contributed by atoms with van der Waals surface area (Å²) in [5.74, 6) is -1.35. The Morgan fingerprint density at radius 3 is 2.32 bits per heavy atom. The summed E-state index contributed by atoms with van der Waals surface area (Å²) in [6.07, 6.45) is 2.10. The molecule has 7 nitrogen and oxygen atoms in total. The molecule has 2 amide bonds. The lowest BCUT2D eigenvalue weighted by atomic mass is 10.1. The molecule has 0 spiro atoms. The smallest absolute Gasteiger partial charge is 0.334 e. The first-order valence-corrected chi connectivity index (χ1v) is 6.67. The monoisotopic (exact) mass is 273 g/mol. The van der Waals surface area contributed by atoms with E-state index in [1.807, 2.05) is 0 Å². The van der Waals surface area contributed by atoms with E-state index in [9.17, 15) is 9.59 Å². The van der Waals surface area contributed by atoms with Crippen molar-refractivity contribution in [2.75, 3.05) is 26.2 Å². The summed E-state index contributed by atoms with van der Waals surface area (Å²) >= 11 is 0. The number of aliphatic hydroxyl groups excluding tert-OH is 1. The molecule has 1 unspecified atom stereocenters. The van der Waals surface area contributed by atoms with Gasteiger partial charge in [-0.3, -0.25) is 4.90 Å². The predicted molar refractivity (Wildman–Crippen MR) is 69.9 cm³/mol. The van der Waals surface area contributed by atoms with Crippen molar-refractivity contribution in [3.05, 3.63) is 0 Å². The van der Waals surface area contributed by atoms with Gasteiger partial charge in [-0.25, -0.2) is 9.59 Å². The fourth-order valence-corrected chi connectivity index (χ4v) is 2.07. The zero-order valence-corrected chi connectivity index (χ0v) is 11.3. The molecule has 0 radical (unpaired) electrons. The quantitative estimate of drug-likeness (QED) is 0.528. The van der Waals surface area contributed by atoms with Gasteiger partial charge in [-0.1, -0.05) is 6.42 Å². The molecule has 7 heteroatoms. The number of carboxylic acid groups (broad SMARTS) is 1. The van der Waals surface area contributed by atoms with E-state index >= 15 is 0 Å². The van der Waals surface area contributed by atoms with Crippen molar-refractivity contribution in [2.45, 2.75) is 38.3 Å². The van der Waals surface area contributed by atoms with Crippen LogP contribution in [0.2, 0.25) is 0 Å². The number of carbonyl (C=O) groups excluding carboxylic acids is 1. The van der Waals surface area contributed by atoms with E-state index in [4.69, 9.17) is 10.2 Å². The van der Waals surface area contributed by atoms with Crippen molar-refractivity contribution in [3.63, 3.8) is 0 Å². The number of nitrogens with zero attached hydrogens (tertiary/aromatic N) is 1. The van der Waals surface area contributed by atoms with Crippen LogP contribution in [-0.2, 0) is 4.79 Å². The van der Waals surface area contributed by atoms with Crippen LogP contribution in [-0.4, -0.2) is 65.4 Å². The molecule has 19 heavy (non-hydrogen) atoms. The summed E-state index contributed by atoms with van der Waals surface area (Å²) in [4.78, 5) is 24.1.